The molecule has 0 bridgehead atoms. The zero-order chi connectivity index (χ0) is 15.7. The van der Waals surface area contributed by atoms with Crippen LogP contribution in [0.1, 0.15) is 19.3 Å². The van der Waals surface area contributed by atoms with Crippen molar-refractivity contribution in [1.29, 1.82) is 0 Å². The van der Waals surface area contributed by atoms with E-state index in [9.17, 15) is 9.59 Å². The van der Waals surface area contributed by atoms with Crippen LogP contribution in [-0.2, 0) is 9.59 Å². The number of anilines is 1. The largest absolute Gasteiger partial charge is 0.326 e. The highest BCUT2D eigenvalue weighted by molar-refractivity contribution is 8.15. The molecule has 1 heterocycles. The van der Waals surface area contributed by atoms with Crippen LogP contribution in [0, 0.1) is 0 Å². The maximum Gasteiger partial charge on any atom is 0.240 e. The first-order valence-electron chi connectivity index (χ1n) is 6.81. The van der Waals surface area contributed by atoms with Gasteiger partial charge in [0.25, 0.3) is 0 Å². The molecular formula is C14H13Cl2N3O2S. The number of thioether (sulfide) groups is 1. The van der Waals surface area contributed by atoms with Crippen LogP contribution < -0.4 is 10.6 Å². The first-order chi connectivity index (χ1) is 10.5. The molecule has 5 nitrogen and oxygen atoms in total. The summed E-state index contributed by atoms with van der Waals surface area (Å²) >= 11 is 13.0. The van der Waals surface area contributed by atoms with E-state index in [4.69, 9.17) is 23.2 Å². The number of amidine groups is 1. The molecular weight excluding hydrogens is 345 g/mol. The van der Waals surface area contributed by atoms with Gasteiger partial charge < -0.3 is 10.6 Å². The Hall–Kier alpha value is -1.24. The lowest BCUT2D eigenvalue weighted by Gasteiger charge is -2.08. The average molecular weight is 358 g/mol. The molecule has 1 atom stereocenters. The second kappa shape index (κ2) is 6.48. The minimum atomic E-state index is -0.444. The minimum Gasteiger partial charge on any atom is -0.326 e. The highest BCUT2D eigenvalue weighted by Crippen LogP contribution is 2.29. The first-order valence-corrected chi connectivity index (χ1v) is 8.45. The molecule has 0 radical (unpaired) electrons. The number of benzene rings is 1. The van der Waals surface area contributed by atoms with Crippen molar-refractivity contribution in [2.45, 2.75) is 30.6 Å². The topological polar surface area (TPSA) is 70.6 Å². The molecule has 1 saturated heterocycles. The van der Waals surface area contributed by atoms with Gasteiger partial charge >= 0.3 is 0 Å². The Kier molecular flexibility index (Phi) is 4.61. The average Bonchev–Trinajstić information content (AvgIpc) is 3.19. The van der Waals surface area contributed by atoms with Crippen LogP contribution in [-0.4, -0.2) is 28.3 Å². The summed E-state index contributed by atoms with van der Waals surface area (Å²) in [6.45, 7) is 0. The highest BCUT2D eigenvalue weighted by Gasteiger charge is 2.33. The third kappa shape index (κ3) is 3.94. The molecule has 8 heteroatoms. The second-order valence-corrected chi connectivity index (χ2v) is 7.15. The Morgan fingerprint density at radius 3 is 2.82 bits per heavy atom. The van der Waals surface area contributed by atoms with E-state index in [1.807, 2.05) is 0 Å². The predicted octanol–water partition coefficient (Wildman–Crippen LogP) is 3.07. The fourth-order valence-electron chi connectivity index (χ4n) is 1.92. The van der Waals surface area contributed by atoms with Crippen molar-refractivity contribution in [3.63, 3.8) is 0 Å². The van der Waals surface area contributed by atoms with Gasteiger partial charge in [0.1, 0.15) is 5.25 Å². The Morgan fingerprint density at radius 1 is 1.36 bits per heavy atom. The molecule has 1 aromatic rings. The van der Waals surface area contributed by atoms with Crippen molar-refractivity contribution in [3.8, 4) is 0 Å². The van der Waals surface area contributed by atoms with E-state index in [-0.39, 0.29) is 18.2 Å². The molecule has 116 valence electrons. The van der Waals surface area contributed by atoms with E-state index in [2.05, 4.69) is 15.6 Å². The Morgan fingerprint density at radius 2 is 2.14 bits per heavy atom. The van der Waals surface area contributed by atoms with E-state index < -0.39 is 5.25 Å². The smallest absolute Gasteiger partial charge is 0.240 e. The van der Waals surface area contributed by atoms with Crippen molar-refractivity contribution >= 4 is 57.6 Å². The van der Waals surface area contributed by atoms with Crippen molar-refractivity contribution in [1.82, 2.24) is 5.32 Å². The number of aliphatic imine (C=N–C) groups is 1. The quantitative estimate of drug-likeness (QED) is 0.869. The van der Waals surface area contributed by atoms with Gasteiger partial charge in [-0.25, -0.2) is 0 Å². The third-order valence-corrected chi connectivity index (χ3v) is 5.03. The number of amides is 2. The summed E-state index contributed by atoms with van der Waals surface area (Å²) in [5.41, 5.74) is 0.551. The number of nitrogens with zero attached hydrogens (tertiary/aromatic N) is 1. The fraction of sp³-hybridized carbons (Fsp3) is 0.357. The lowest BCUT2D eigenvalue weighted by Crippen LogP contribution is -2.28. The molecule has 2 aliphatic rings. The summed E-state index contributed by atoms with van der Waals surface area (Å²) in [5, 5.41) is 6.40. The van der Waals surface area contributed by atoms with Gasteiger partial charge in [-0.15, -0.1) is 0 Å². The van der Waals surface area contributed by atoms with E-state index in [1.165, 1.54) is 11.8 Å². The number of hydrogen-bond acceptors (Lipinski definition) is 4. The van der Waals surface area contributed by atoms with Crippen LogP contribution in [0.15, 0.2) is 23.2 Å². The molecule has 1 unspecified atom stereocenters. The normalized spacial score (nSPS) is 22.7. The number of hydrogen-bond donors (Lipinski definition) is 2. The van der Waals surface area contributed by atoms with Crippen molar-refractivity contribution in [2.75, 3.05) is 5.32 Å². The molecule has 0 aromatic heterocycles. The van der Waals surface area contributed by atoms with Gasteiger partial charge in [0.15, 0.2) is 5.17 Å². The monoisotopic (exact) mass is 357 g/mol. The molecule has 2 amide bonds. The summed E-state index contributed by atoms with van der Waals surface area (Å²) < 4.78 is 0. The number of carbonyl (C=O) groups is 2. The maximum atomic E-state index is 12.0. The third-order valence-electron chi connectivity index (χ3n) is 3.20. The lowest BCUT2D eigenvalue weighted by molar-refractivity contribution is -0.122. The van der Waals surface area contributed by atoms with Gasteiger partial charge in [-0.3, -0.25) is 14.6 Å². The lowest BCUT2D eigenvalue weighted by atomic mass is 10.2. The SMILES string of the molecule is O=C(CC1SC(=NC2CC2)NC1=O)Nc1ccc(Cl)c(Cl)c1. The zero-order valence-corrected chi connectivity index (χ0v) is 13.8. The van der Waals surface area contributed by atoms with E-state index in [0.717, 1.165) is 12.8 Å². The van der Waals surface area contributed by atoms with Crippen molar-refractivity contribution in [2.24, 2.45) is 4.99 Å². The number of nitrogens with one attached hydrogen (secondary N) is 2. The van der Waals surface area contributed by atoms with Crippen molar-refractivity contribution < 1.29 is 9.59 Å². The molecule has 1 aliphatic carbocycles. The van der Waals surface area contributed by atoms with Crippen LogP contribution >= 0.6 is 35.0 Å². The molecule has 22 heavy (non-hydrogen) atoms. The summed E-state index contributed by atoms with van der Waals surface area (Å²) in [6, 6.07) is 5.18. The predicted molar refractivity (Wildman–Crippen MR) is 89.7 cm³/mol. The molecule has 1 saturated carbocycles. The maximum absolute atomic E-state index is 12.0. The Balaban J connectivity index is 1.57. The van der Waals surface area contributed by atoms with E-state index >= 15 is 0 Å². The van der Waals surface area contributed by atoms with Gasteiger partial charge in [0.05, 0.1) is 16.1 Å². The molecule has 1 aliphatic heterocycles. The second-order valence-electron chi connectivity index (χ2n) is 5.14. The van der Waals surface area contributed by atoms with Gasteiger partial charge in [-0.2, -0.15) is 0 Å². The van der Waals surface area contributed by atoms with Crippen LogP contribution in [0.4, 0.5) is 5.69 Å². The minimum absolute atomic E-state index is 0.0838. The fourth-order valence-corrected chi connectivity index (χ4v) is 3.26. The highest BCUT2D eigenvalue weighted by atomic mass is 35.5. The molecule has 3 rings (SSSR count). The summed E-state index contributed by atoms with van der Waals surface area (Å²) in [4.78, 5) is 28.3. The Labute approximate surface area is 141 Å². The summed E-state index contributed by atoms with van der Waals surface area (Å²) in [6.07, 6.45) is 2.23. The van der Waals surface area contributed by atoms with E-state index in [1.54, 1.807) is 18.2 Å². The van der Waals surface area contributed by atoms with E-state index in [0.29, 0.717) is 26.9 Å². The first kappa shape index (κ1) is 15.6. The Bertz CT molecular complexity index is 661. The van der Waals surface area contributed by atoms with Gasteiger partial charge in [-0.1, -0.05) is 35.0 Å². The van der Waals surface area contributed by atoms with Gasteiger partial charge in [0.2, 0.25) is 11.8 Å². The number of rotatable bonds is 4. The molecule has 2 N–H and O–H groups in total. The molecule has 1 aromatic carbocycles. The summed E-state index contributed by atoms with van der Waals surface area (Å²) in [5.74, 6) is -0.424. The van der Waals surface area contributed by atoms with Crippen LogP contribution in [0.3, 0.4) is 0 Å². The number of halogens is 2. The summed E-state index contributed by atoms with van der Waals surface area (Å²) in [7, 11) is 0. The van der Waals surface area contributed by atoms with Crippen molar-refractivity contribution in [3.05, 3.63) is 28.2 Å². The molecule has 2 fully saturated rings. The van der Waals surface area contributed by atoms with Gasteiger partial charge in [0, 0.05) is 12.1 Å². The number of carbonyl (C=O) groups excluding carboxylic acids is 2. The van der Waals surface area contributed by atoms with Gasteiger partial charge in [-0.05, 0) is 31.0 Å². The van der Waals surface area contributed by atoms with Crippen LogP contribution in [0.2, 0.25) is 10.0 Å². The zero-order valence-electron chi connectivity index (χ0n) is 11.4. The van der Waals surface area contributed by atoms with Crippen LogP contribution in [0.25, 0.3) is 0 Å². The van der Waals surface area contributed by atoms with Crippen LogP contribution in [0.5, 0.6) is 0 Å². The standard InChI is InChI=1S/C14H13Cl2N3O2S/c15-9-4-3-8(5-10(9)16)17-12(20)6-11-13(21)19-14(22-11)18-7-1-2-7/h3-5,7,11H,1-2,6H2,(H,17,20)(H,18,19,21). The molecule has 0 spiro atoms.